The van der Waals surface area contributed by atoms with Crippen LogP contribution < -0.4 is 0 Å². The van der Waals surface area contributed by atoms with E-state index in [1.54, 1.807) is 42.4 Å². The number of carbonyl (C=O) groups is 3. The van der Waals surface area contributed by atoms with Crippen LogP contribution in [0.2, 0.25) is 0 Å². The van der Waals surface area contributed by atoms with Crippen LogP contribution in [0.25, 0.3) is 6.08 Å². The smallest absolute Gasteiger partial charge is 0.383 e. The first-order valence-electron chi connectivity index (χ1n) is 11.7. The number of piperazine rings is 1. The Kier molecular flexibility index (Phi) is 8.35. The van der Waals surface area contributed by atoms with Crippen molar-refractivity contribution < 1.29 is 32.3 Å². The van der Waals surface area contributed by atoms with Gasteiger partial charge >= 0.3 is 6.18 Å². The molecule has 0 saturated carbocycles. The highest BCUT2D eigenvalue weighted by molar-refractivity contribution is 8.18. The lowest BCUT2D eigenvalue weighted by Crippen LogP contribution is -2.49. The molecule has 7 nitrogen and oxygen atoms in total. The van der Waals surface area contributed by atoms with Gasteiger partial charge in [-0.25, -0.2) is 0 Å². The van der Waals surface area contributed by atoms with Crippen LogP contribution in [0.5, 0.6) is 0 Å². The summed E-state index contributed by atoms with van der Waals surface area (Å²) in [5, 5.41) is -0.505. The third-order valence-corrected chi connectivity index (χ3v) is 7.11. The highest BCUT2D eigenvalue weighted by Crippen LogP contribution is 2.34. The van der Waals surface area contributed by atoms with E-state index in [0.29, 0.717) is 36.4 Å². The molecule has 2 aromatic rings. The number of hydrogen-bond acceptors (Lipinski definition) is 6. The van der Waals surface area contributed by atoms with Gasteiger partial charge in [0.25, 0.3) is 17.1 Å². The van der Waals surface area contributed by atoms with E-state index in [2.05, 4.69) is 4.90 Å². The van der Waals surface area contributed by atoms with Gasteiger partial charge in [-0.2, -0.15) is 13.2 Å². The number of hydrogen-bond donors (Lipinski definition) is 0. The zero-order valence-electron chi connectivity index (χ0n) is 20.2. The predicted octanol–water partition coefficient (Wildman–Crippen LogP) is 4.35. The van der Waals surface area contributed by atoms with E-state index < -0.39 is 22.9 Å². The van der Waals surface area contributed by atoms with Gasteiger partial charge in [-0.3, -0.25) is 24.2 Å². The molecule has 0 N–H and O–H groups in total. The van der Waals surface area contributed by atoms with E-state index >= 15 is 0 Å². The molecule has 0 unspecified atom stereocenters. The number of carbonyl (C=O) groups excluding carboxylic acids is 3. The normalized spacial score (nSPS) is 18.2. The Bertz CT molecular complexity index is 1190. The minimum atomic E-state index is -4.46. The van der Waals surface area contributed by atoms with Gasteiger partial charge < -0.3 is 9.64 Å². The van der Waals surface area contributed by atoms with Gasteiger partial charge in [0.15, 0.2) is 0 Å². The Morgan fingerprint density at radius 1 is 1.05 bits per heavy atom. The predicted molar refractivity (Wildman–Crippen MR) is 134 cm³/mol. The van der Waals surface area contributed by atoms with Crippen LogP contribution in [-0.2, 0) is 22.3 Å². The first kappa shape index (κ1) is 26.9. The van der Waals surface area contributed by atoms with Crippen LogP contribution in [-0.4, -0.2) is 78.2 Å². The number of alkyl halides is 3. The molecule has 0 atom stereocenters. The Labute approximate surface area is 216 Å². The summed E-state index contributed by atoms with van der Waals surface area (Å²) in [5.74, 6) is -0.629. The Morgan fingerprint density at radius 2 is 1.76 bits per heavy atom. The third-order valence-electron chi connectivity index (χ3n) is 6.20. The van der Waals surface area contributed by atoms with E-state index in [1.165, 1.54) is 12.1 Å². The molecule has 2 aromatic carbocycles. The molecular formula is C26H26F3N3O4S. The van der Waals surface area contributed by atoms with Gasteiger partial charge in [0.2, 0.25) is 0 Å². The minimum Gasteiger partial charge on any atom is -0.383 e. The second-order valence-electron chi connectivity index (χ2n) is 8.71. The first-order chi connectivity index (χ1) is 17.7. The largest absolute Gasteiger partial charge is 0.416 e. The molecule has 2 saturated heterocycles. The van der Waals surface area contributed by atoms with E-state index in [4.69, 9.17) is 4.74 Å². The second kappa shape index (κ2) is 11.5. The highest BCUT2D eigenvalue weighted by Gasteiger charge is 2.35. The van der Waals surface area contributed by atoms with Crippen molar-refractivity contribution in [3.8, 4) is 0 Å². The Balaban J connectivity index is 1.41. The number of nitrogens with zero attached hydrogens (tertiary/aromatic N) is 3. The minimum absolute atomic E-state index is 0.1000. The SMILES string of the molecule is COCCN1CCN(C(=O)c2cccc(C=C3SC(=O)N(Cc4ccc(C(F)(F)F)cc4)C3=O)c2)CC1. The van der Waals surface area contributed by atoms with Crippen molar-refractivity contribution in [3.05, 3.63) is 75.7 Å². The molecule has 3 amide bonds. The van der Waals surface area contributed by atoms with E-state index in [1.807, 2.05) is 0 Å². The zero-order valence-corrected chi connectivity index (χ0v) is 21.0. The molecule has 0 aliphatic carbocycles. The van der Waals surface area contributed by atoms with Crippen LogP contribution in [0.4, 0.5) is 18.0 Å². The maximum atomic E-state index is 13.0. The topological polar surface area (TPSA) is 70.2 Å². The summed E-state index contributed by atoms with van der Waals surface area (Å²) in [5.41, 5.74) is 0.701. The number of halogens is 3. The number of benzene rings is 2. The molecule has 0 bridgehead atoms. The Morgan fingerprint density at radius 3 is 2.41 bits per heavy atom. The number of ether oxygens (including phenoxy) is 1. The van der Waals surface area contributed by atoms with Crippen molar-refractivity contribution in [2.45, 2.75) is 12.7 Å². The lowest BCUT2D eigenvalue weighted by Gasteiger charge is -2.34. The summed E-state index contributed by atoms with van der Waals surface area (Å²) in [6, 6.07) is 11.2. The van der Waals surface area contributed by atoms with Crippen molar-refractivity contribution >= 4 is 34.9 Å². The van der Waals surface area contributed by atoms with Gasteiger partial charge in [0.05, 0.1) is 23.6 Å². The molecular weight excluding hydrogens is 507 g/mol. The van der Waals surface area contributed by atoms with Gasteiger partial charge in [0, 0.05) is 45.4 Å². The number of methoxy groups -OCH3 is 1. The van der Waals surface area contributed by atoms with Crippen molar-refractivity contribution in [1.82, 2.24) is 14.7 Å². The fraction of sp³-hybridized carbons (Fsp3) is 0.346. The number of imide groups is 1. The van der Waals surface area contributed by atoms with Crippen molar-refractivity contribution in [2.75, 3.05) is 46.4 Å². The molecule has 2 heterocycles. The fourth-order valence-electron chi connectivity index (χ4n) is 4.11. The van der Waals surface area contributed by atoms with Crippen molar-refractivity contribution in [1.29, 1.82) is 0 Å². The summed E-state index contributed by atoms with van der Waals surface area (Å²) >= 11 is 0.760. The van der Waals surface area contributed by atoms with E-state index in [9.17, 15) is 27.6 Å². The van der Waals surface area contributed by atoms with Crippen LogP contribution in [0.1, 0.15) is 27.0 Å². The molecule has 0 radical (unpaired) electrons. The number of amides is 3. The lowest BCUT2D eigenvalue weighted by atomic mass is 10.1. The number of rotatable bonds is 7. The Hall–Kier alpha value is -3.15. The van der Waals surface area contributed by atoms with E-state index in [0.717, 1.165) is 48.4 Å². The summed E-state index contributed by atoms with van der Waals surface area (Å²) in [7, 11) is 1.66. The van der Waals surface area contributed by atoms with Crippen LogP contribution in [0.15, 0.2) is 53.4 Å². The first-order valence-corrected chi connectivity index (χ1v) is 12.5. The summed E-state index contributed by atoms with van der Waals surface area (Å²) in [6.45, 7) is 4.08. The van der Waals surface area contributed by atoms with Crippen molar-refractivity contribution in [2.24, 2.45) is 0 Å². The fourth-order valence-corrected chi connectivity index (χ4v) is 4.95. The average Bonchev–Trinajstić information content (AvgIpc) is 3.14. The molecule has 37 heavy (non-hydrogen) atoms. The summed E-state index contributed by atoms with van der Waals surface area (Å²) < 4.78 is 43.5. The zero-order chi connectivity index (χ0) is 26.6. The van der Waals surface area contributed by atoms with Crippen LogP contribution in [0.3, 0.4) is 0 Å². The molecule has 2 aliphatic rings. The summed E-state index contributed by atoms with van der Waals surface area (Å²) in [6.07, 6.45) is -2.91. The highest BCUT2D eigenvalue weighted by atomic mass is 32.2. The van der Waals surface area contributed by atoms with Gasteiger partial charge in [-0.05, 0) is 53.2 Å². The summed E-state index contributed by atoms with van der Waals surface area (Å²) in [4.78, 5) is 43.6. The molecule has 196 valence electrons. The standard InChI is InChI=1S/C26H26F3N3O4S/c1-36-14-13-30-9-11-31(12-10-30)23(33)20-4-2-3-19(15-20)16-22-24(34)32(25(35)37-22)17-18-5-7-21(8-6-18)26(27,28)29/h2-8,15-16H,9-14,17H2,1H3. The van der Waals surface area contributed by atoms with Crippen LogP contribution >= 0.6 is 11.8 Å². The monoisotopic (exact) mass is 533 g/mol. The molecule has 4 rings (SSSR count). The maximum Gasteiger partial charge on any atom is 0.416 e. The third kappa shape index (κ3) is 6.60. The molecule has 0 spiro atoms. The molecule has 0 aromatic heterocycles. The quantitative estimate of drug-likeness (QED) is 0.493. The molecule has 2 fully saturated rings. The van der Waals surface area contributed by atoms with Gasteiger partial charge in [-0.15, -0.1) is 0 Å². The van der Waals surface area contributed by atoms with Crippen molar-refractivity contribution in [3.63, 3.8) is 0 Å². The van der Waals surface area contributed by atoms with E-state index in [-0.39, 0.29) is 17.4 Å². The second-order valence-corrected chi connectivity index (χ2v) is 9.71. The van der Waals surface area contributed by atoms with Gasteiger partial charge in [-0.1, -0.05) is 24.3 Å². The lowest BCUT2D eigenvalue weighted by molar-refractivity contribution is -0.137. The van der Waals surface area contributed by atoms with Gasteiger partial charge in [0.1, 0.15) is 0 Å². The number of thioether (sulfide) groups is 1. The average molecular weight is 534 g/mol. The maximum absolute atomic E-state index is 13.0. The van der Waals surface area contributed by atoms with Crippen LogP contribution in [0, 0.1) is 0 Å². The molecule has 2 aliphatic heterocycles. The molecule has 11 heteroatoms.